The molecule has 6 heteroatoms. The highest BCUT2D eigenvalue weighted by Crippen LogP contribution is 2.27. The Morgan fingerprint density at radius 1 is 1.35 bits per heavy atom. The molecule has 0 aromatic heterocycles. The summed E-state index contributed by atoms with van der Waals surface area (Å²) in [5.74, 6) is -3.70. The third kappa shape index (κ3) is 2.95. The van der Waals surface area contributed by atoms with Crippen molar-refractivity contribution in [3.8, 4) is 0 Å². The van der Waals surface area contributed by atoms with Gasteiger partial charge in [-0.1, -0.05) is 6.92 Å². The summed E-state index contributed by atoms with van der Waals surface area (Å²) in [6, 6.07) is 0.910. The molecule has 1 aliphatic heterocycles. The molecule has 0 saturated carbocycles. The van der Waals surface area contributed by atoms with Crippen molar-refractivity contribution in [1.82, 2.24) is 5.32 Å². The molecule has 110 valence electrons. The molecule has 1 unspecified atom stereocenters. The lowest BCUT2D eigenvalue weighted by molar-refractivity contribution is -0.121. The minimum Gasteiger partial charge on any atom is -0.308 e. The van der Waals surface area contributed by atoms with Gasteiger partial charge >= 0.3 is 0 Å². The van der Waals surface area contributed by atoms with Crippen LogP contribution in [0, 0.1) is 17.5 Å². The first-order chi connectivity index (χ1) is 9.54. The summed E-state index contributed by atoms with van der Waals surface area (Å²) in [5, 5.41) is 3.07. The maximum absolute atomic E-state index is 13.8. The molecule has 0 aliphatic carbocycles. The molecule has 1 atom stereocenters. The van der Waals surface area contributed by atoms with Crippen LogP contribution in [0.4, 0.5) is 18.9 Å². The minimum absolute atomic E-state index is 0.267. The summed E-state index contributed by atoms with van der Waals surface area (Å²) < 4.78 is 40.2. The average Bonchev–Trinajstić information content (AvgIpc) is 2.42. The van der Waals surface area contributed by atoms with E-state index in [0.717, 1.165) is 17.4 Å². The van der Waals surface area contributed by atoms with Crippen molar-refractivity contribution in [1.29, 1.82) is 0 Å². The molecule has 1 fully saturated rings. The first-order valence-electron chi connectivity index (χ1n) is 6.74. The summed E-state index contributed by atoms with van der Waals surface area (Å²) in [7, 11) is 0. The van der Waals surface area contributed by atoms with Gasteiger partial charge in [-0.3, -0.25) is 4.79 Å². The van der Waals surface area contributed by atoms with Crippen molar-refractivity contribution in [2.24, 2.45) is 0 Å². The van der Waals surface area contributed by atoms with Crippen LogP contribution >= 0.6 is 0 Å². The molecular formula is C14H17F3N2O. The van der Waals surface area contributed by atoms with Crippen LogP contribution < -0.4 is 10.2 Å². The maximum atomic E-state index is 13.8. The summed E-state index contributed by atoms with van der Waals surface area (Å²) in [5.41, 5.74) is -0.324. The minimum atomic E-state index is -1.28. The largest absolute Gasteiger partial charge is 0.308 e. The van der Waals surface area contributed by atoms with Crippen molar-refractivity contribution in [3.05, 3.63) is 29.6 Å². The zero-order valence-corrected chi connectivity index (χ0v) is 11.3. The number of halogens is 3. The van der Waals surface area contributed by atoms with E-state index in [1.807, 2.05) is 6.92 Å². The lowest BCUT2D eigenvalue weighted by Gasteiger charge is -2.33. The number of benzene rings is 1. The highest BCUT2D eigenvalue weighted by atomic mass is 19.2. The Morgan fingerprint density at radius 2 is 2.10 bits per heavy atom. The van der Waals surface area contributed by atoms with Gasteiger partial charge in [0.25, 0.3) is 0 Å². The molecule has 2 rings (SSSR count). The van der Waals surface area contributed by atoms with Crippen LogP contribution in [0.2, 0.25) is 0 Å². The van der Waals surface area contributed by atoms with Gasteiger partial charge in [0.2, 0.25) is 5.91 Å². The van der Waals surface area contributed by atoms with Crippen molar-refractivity contribution in [3.63, 3.8) is 0 Å². The lowest BCUT2D eigenvalue weighted by Crippen LogP contribution is -2.51. The van der Waals surface area contributed by atoms with E-state index in [0.29, 0.717) is 25.5 Å². The molecule has 1 heterocycles. The molecule has 1 amide bonds. The van der Waals surface area contributed by atoms with Crippen molar-refractivity contribution < 1.29 is 18.0 Å². The highest BCUT2D eigenvalue weighted by molar-refractivity contribution is 5.98. The Labute approximate surface area is 115 Å². The zero-order chi connectivity index (χ0) is 14.7. The first kappa shape index (κ1) is 14.8. The Bertz CT molecular complexity index is 507. The Morgan fingerprint density at radius 3 is 2.80 bits per heavy atom. The fraction of sp³-hybridized carbons (Fsp3) is 0.500. The molecule has 20 heavy (non-hydrogen) atoms. The Hall–Kier alpha value is -1.56. The van der Waals surface area contributed by atoms with Crippen LogP contribution in [0.15, 0.2) is 12.1 Å². The normalized spacial score (nSPS) is 19.5. The zero-order valence-electron chi connectivity index (χ0n) is 11.3. The fourth-order valence-corrected chi connectivity index (χ4v) is 2.36. The number of nitrogens with one attached hydrogen (secondary N) is 1. The van der Waals surface area contributed by atoms with Gasteiger partial charge in [-0.25, -0.2) is 13.2 Å². The molecule has 1 aromatic rings. The van der Waals surface area contributed by atoms with Gasteiger partial charge < -0.3 is 10.2 Å². The second-order valence-electron chi connectivity index (χ2n) is 4.86. The molecule has 0 radical (unpaired) electrons. The number of amides is 1. The average molecular weight is 286 g/mol. The number of hydrogen-bond donors (Lipinski definition) is 1. The van der Waals surface area contributed by atoms with E-state index in [9.17, 15) is 18.0 Å². The monoisotopic (exact) mass is 286 g/mol. The molecule has 3 nitrogen and oxygen atoms in total. The second-order valence-corrected chi connectivity index (χ2v) is 4.86. The first-order valence-corrected chi connectivity index (χ1v) is 6.74. The van der Waals surface area contributed by atoms with E-state index in [2.05, 4.69) is 5.32 Å². The third-order valence-corrected chi connectivity index (χ3v) is 3.34. The van der Waals surface area contributed by atoms with Gasteiger partial charge in [-0.05, 0) is 25.8 Å². The molecule has 1 N–H and O–H groups in total. The number of hydrogen-bond acceptors (Lipinski definition) is 2. The van der Waals surface area contributed by atoms with E-state index in [4.69, 9.17) is 0 Å². The van der Waals surface area contributed by atoms with E-state index in [1.54, 1.807) is 0 Å². The summed E-state index contributed by atoms with van der Waals surface area (Å²) in [6.07, 6.45) is 2.17. The quantitative estimate of drug-likeness (QED) is 0.863. The SMILES string of the molecule is CCCNC1CCCN(c2cc(F)cc(F)c2F)C1=O. The van der Waals surface area contributed by atoms with Crippen LogP contribution in [-0.4, -0.2) is 25.0 Å². The summed E-state index contributed by atoms with van der Waals surface area (Å²) in [4.78, 5) is 13.4. The number of rotatable bonds is 4. The number of carbonyl (C=O) groups is 1. The third-order valence-electron chi connectivity index (χ3n) is 3.34. The van der Waals surface area contributed by atoms with Crippen LogP contribution in [0.5, 0.6) is 0 Å². The standard InChI is InChI=1S/C14H17F3N2O/c1-2-5-18-11-4-3-6-19(14(11)20)12-8-9(15)7-10(16)13(12)17/h7-8,11,18H,2-6H2,1H3. The smallest absolute Gasteiger partial charge is 0.244 e. The topological polar surface area (TPSA) is 32.3 Å². The number of anilines is 1. The maximum Gasteiger partial charge on any atom is 0.244 e. The van der Waals surface area contributed by atoms with E-state index >= 15 is 0 Å². The summed E-state index contributed by atoms with van der Waals surface area (Å²) in [6.45, 7) is 2.91. The lowest BCUT2D eigenvalue weighted by atomic mass is 10.0. The molecule has 0 spiro atoms. The second kappa shape index (κ2) is 6.26. The van der Waals surface area contributed by atoms with Gasteiger partial charge in [0, 0.05) is 18.7 Å². The van der Waals surface area contributed by atoms with Gasteiger partial charge in [0.05, 0.1) is 11.7 Å². The van der Waals surface area contributed by atoms with E-state index in [1.165, 1.54) is 0 Å². The Kier molecular flexibility index (Phi) is 4.65. The van der Waals surface area contributed by atoms with Gasteiger partial charge in [0.15, 0.2) is 11.6 Å². The van der Waals surface area contributed by atoms with Crippen molar-refractivity contribution in [2.75, 3.05) is 18.0 Å². The van der Waals surface area contributed by atoms with Crippen LogP contribution in [0.25, 0.3) is 0 Å². The van der Waals surface area contributed by atoms with Crippen LogP contribution in [0.1, 0.15) is 26.2 Å². The van der Waals surface area contributed by atoms with E-state index in [-0.39, 0.29) is 18.1 Å². The van der Waals surface area contributed by atoms with Gasteiger partial charge in [-0.2, -0.15) is 0 Å². The molecule has 1 aromatic carbocycles. The Balaban J connectivity index is 2.25. The van der Waals surface area contributed by atoms with E-state index < -0.39 is 23.5 Å². The molecular weight excluding hydrogens is 269 g/mol. The van der Waals surface area contributed by atoms with Gasteiger partial charge in [-0.15, -0.1) is 0 Å². The predicted molar refractivity (Wildman–Crippen MR) is 70.0 cm³/mol. The van der Waals surface area contributed by atoms with Crippen molar-refractivity contribution >= 4 is 11.6 Å². The van der Waals surface area contributed by atoms with Gasteiger partial charge in [0.1, 0.15) is 5.82 Å². The van der Waals surface area contributed by atoms with Crippen LogP contribution in [-0.2, 0) is 4.79 Å². The number of nitrogens with zero attached hydrogens (tertiary/aromatic N) is 1. The molecule has 1 aliphatic rings. The summed E-state index contributed by atoms with van der Waals surface area (Å²) >= 11 is 0. The van der Waals surface area contributed by atoms with Crippen LogP contribution in [0.3, 0.4) is 0 Å². The highest BCUT2D eigenvalue weighted by Gasteiger charge is 2.31. The fourth-order valence-electron chi connectivity index (χ4n) is 2.36. The molecule has 1 saturated heterocycles. The number of carbonyl (C=O) groups excluding carboxylic acids is 1. The predicted octanol–water partition coefficient (Wildman–Crippen LogP) is 2.60. The van der Waals surface area contributed by atoms with Crippen molar-refractivity contribution in [2.45, 2.75) is 32.2 Å². The molecule has 0 bridgehead atoms. The number of piperidine rings is 1.